The molecule has 0 fully saturated rings. The summed E-state index contributed by atoms with van der Waals surface area (Å²) in [5.41, 5.74) is -0.770. The molecular formula is C26H50N2O13. The Morgan fingerprint density at radius 2 is 1.00 bits per heavy atom. The Morgan fingerprint density at radius 3 is 1.34 bits per heavy atom. The van der Waals surface area contributed by atoms with Gasteiger partial charge in [0.25, 0.3) is 0 Å². The van der Waals surface area contributed by atoms with E-state index in [1.807, 2.05) is 0 Å². The second kappa shape index (κ2) is 26.8. The zero-order chi connectivity index (χ0) is 30.6. The summed E-state index contributed by atoms with van der Waals surface area (Å²) in [5, 5.41) is 13.9. The quantitative estimate of drug-likeness (QED) is 0.104. The zero-order valence-electron chi connectivity index (χ0n) is 24.9. The van der Waals surface area contributed by atoms with Gasteiger partial charge in [0, 0.05) is 20.1 Å². The molecule has 0 aliphatic rings. The lowest BCUT2D eigenvalue weighted by atomic mass is 10.2. The molecule has 0 radical (unpaired) electrons. The van der Waals surface area contributed by atoms with Crippen LogP contribution in [0.5, 0.6) is 0 Å². The third-order valence-electron chi connectivity index (χ3n) is 4.63. The Balaban J connectivity index is 3.44. The molecule has 0 aromatic rings. The van der Waals surface area contributed by atoms with Gasteiger partial charge < -0.3 is 58.4 Å². The number of carboxylic acid groups (broad SMARTS) is 1. The first kappa shape index (κ1) is 38.9. The average Bonchev–Trinajstić information content (AvgIpc) is 2.90. The normalized spacial score (nSPS) is 12.2. The van der Waals surface area contributed by atoms with E-state index in [-0.39, 0.29) is 19.6 Å². The molecule has 0 unspecified atom stereocenters. The molecule has 242 valence electrons. The minimum Gasteiger partial charge on any atom is -0.480 e. The summed E-state index contributed by atoms with van der Waals surface area (Å²) in [6.07, 6.45) is -0.844. The van der Waals surface area contributed by atoms with Crippen LogP contribution in [0.2, 0.25) is 0 Å². The fourth-order valence-corrected chi connectivity index (χ4v) is 2.68. The number of methoxy groups -OCH3 is 1. The van der Waals surface area contributed by atoms with Crippen LogP contribution in [0.1, 0.15) is 27.2 Å². The predicted octanol–water partition coefficient (Wildman–Crippen LogP) is 0.233. The third kappa shape index (κ3) is 29.2. The van der Waals surface area contributed by atoms with E-state index in [0.29, 0.717) is 92.5 Å². The number of alkyl carbamates (subject to hydrolysis) is 1. The maximum absolute atomic E-state index is 11.9. The van der Waals surface area contributed by atoms with E-state index < -0.39 is 29.6 Å². The molecule has 0 saturated heterocycles. The number of hydrogen-bond donors (Lipinski definition) is 3. The molecule has 0 aromatic heterocycles. The fourth-order valence-electron chi connectivity index (χ4n) is 2.68. The molecule has 15 heteroatoms. The number of carbonyl (C=O) groups excluding carboxylic acids is 2. The van der Waals surface area contributed by atoms with Gasteiger partial charge in [0.05, 0.1) is 99.1 Å². The number of carbonyl (C=O) groups is 3. The van der Waals surface area contributed by atoms with Gasteiger partial charge in [-0.15, -0.1) is 0 Å². The summed E-state index contributed by atoms with van der Waals surface area (Å²) in [6.45, 7) is 11.3. The Kier molecular flexibility index (Phi) is 25.4. The lowest BCUT2D eigenvalue weighted by Crippen LogP contribution is -2.49. The molecule has 0 spiro atoms. The van der Waals surface area contributed by atoms with Crippen molar-refractivity contribution < 1.29 is 62.1 Å². The Labute approximate surface area is 242 Å². The van der Waals surface area contributed by atoms with E-state index in [1.54, 1.807) is 27.9 Å². The van der Waals surface area contributed by atoms with E-state index in [1.165, 1.54) is 0 Å². The van der Waals surface area contributed by atoms with Crippen LogP contribution in [-0.2, 0) is 52.2 Å². The van der Waals surface area contributed by atoms with Crippen LogP contribution in [0.4, 0.5) is 4.79 Å². The monoisotopic (exact) mass is 598 g/mol. The average molecular weight is 599 g/mol. The largest absolute Gasteiger partial charge is 0.480 e. The van der Waals surface area contributed by atoms with Crippen LogP contribution >= 0.6 is 0 Å². The van der Waals surface area contributed by atoms with Gasteiger partial charge in [-0.3, -0.25) is 4.79 Å². The fraction of sp³-hybridized carbons (Fsp3) is 0.885. The molecule has 15 nitrogen and oxygen atoms in total. The van der Waals surface area contributed by atoms with Crippen molar-refractivity contribution >= 4 is 18.0 Å². The van der Waals surface area contributed by atoms with Crippen LogP contribution in [-0.4, -0.2) is 147 Å². The van der Waals surface area contributed by atoms with Crippen LogP contribution < -0.4 is 10.6 Å². The second-order valence-corrected chi connectivity index (χ2v) is 9.37. The summed E-state index contributed by atoms with van der Waals surface area (Å²) < 4.78 is 47.5. The molecule has 41 heavy (non-hydrogen) atoms. The standard InChI is InChI=1S/C26H50N2O13/c1-26(2,3)41-25(32)28-22(24(30)31)21-27-23(29)5-6-34-9-10-36-13-14-38-17-18-40-20-19-39-16-15-37-12-11-35-8-7-33-4/h22H,5-21H2,1-4H3,(H,27,29)(H,28,32)(H,30,31)/t22-/m0/s1. The van der Waals surface area contributed by atoms with Crippen molar-refractivity contribution in [2.24, 2.45) is 0 Å². The van der Waals surface area contributed by atoms with E-state index in [4.69, 9.17) is 42.6 Å². The predicted molar refractivity (Wildman–Crippen MR) is 146 cm³/mol. The van der Waals surface area contributed by atoms with Gasteiger partial charge in [0.15, 0.2) is 0 Å². The van der Waals surface area contributed by atoms with Gasteiger partial charge in [-0.1, -0.05) is 0 Å². The topological polar surface area (TPSA) is 179 Å². The van der Waals surface area contributed by atoms with Gasteiger partial charge in [0.2, 0.25) is 5.91 Å². The Hall–Kier alpha value is -2.11. The number of nitrogens with one attached hydrogen (secondary N) is 2. The van der Waals surface area contributed by atoms with E-state index in [9.17, 15) is 19.5 Å². The summed E-state index contributed by atoms with van der Waals surface area (Å²) >= 11 is 0. The smallest absolute Gasteiger partial charge is 0.408 e. The first-order chi connectivity index (χ1) is 19.7. The van der Waals surface area contributed by atoms with Crippen molar-refractivity contribution in [3.05, 3.63) is 0 Å². The minimum absolute atomic E-state index is 0.0336. The molecule has 0 aliphatic carbocycles. The zero-order valence-corrected chi connectivity index (χ0v) is 24.9. The summed E-state index contributed by atoms with van der Waals surface area (Å²) in [7, 11) is 1.63. The number of rotatable bonds is 28. The molecule has 0 aliphatic heterocycles. The SMILES string of the molecule is COCCOCCOCCOCCOCCOCCOCCOCCC(=O)NC[C@H](NC(=O)OC(C)(C)C)C(=O)O. The lowest BCUT2D eigenvalue weighted by molar-refractivity contribution is -0.139. The highest BCUT2D eigenvalue weighted by atomic mass is 16.6. The molecule has 0 heterocycles. The summed E-state index contributed by atoms with van der Waals surface area (Å²) in [4.78, 5) is 34.9. The molecular weight excluding hydrogens is 548 g/mol. The van der Waals surface area contributed by atoms with Crippen molar-refractivity contribution in [3.63, 3.8) is 0 Å². The maximum Gasteiger partial charge on any atom is 0.408 e. The van der Waals surface area contributed by atoms with Crippen molar-refractivity contribution in [3.8, 4) is 0 Å². The van der Waals surface area contributed by atoms with Crippen molar-refractivity contribution in [1.82, 2.24) is 10.6 Å². The highest BCUT2D eigenvalue weighted by Gasteiger charge is 2.24. The number of hydrogen-bond acceptors (Lipinski definition) is 12. The first-order valence-electron chi connectivity index (χ1n) is 13.7. The first-order valence-corrected chi connectivity index (χ1v) is 13.7. The minimum atomic E-state index is -1.32. The van der Waals surface area contributed by atoms with Crippen LogP contribution in [0.25, 0.3) is 0 Å². The lowest BCUT2D eigenvalue weighted by Gasteiger charge is -2.22. The van der Waals surface area contributed by atoms with Crippen molar-refractivity contribution in [1.29, 1.82) is 0 Å². The van der Waals surface area contributed by atoms with Gasteiger partial charge >= 0.3 is 12.1 Å². The van der Waals surface area contributed by atoms with E-state index >= 15 is 0 Å². The molecule has 1 atom stereocenters. The highest BCUT2D eigenvalue weighted by Crippen LogP contribution is 2.06. The molecule has 3 N–H and O–H groups in total. The van der Waals surface area contributed by atoms with Gasteiger partial charge in [-0.25, -0.2) is 9.59 Å². The molecule has 0 rings (SSSR count). The summed E-state index contributed by atoms with van der Waals surface area (Å²) in [6, 6.07) is -1.32. The van der Waals surface area contributed by atoms with Crippen LogP contribution in [0.15, 0.2) is 0 Å². The number of ether oxygens (including phenoxy) is 9. The summed E-state index contributed by atoms with van der Waals surface area (Å²) in [5.74, 6) is -1.70. The highest BCUT2D eigenvalue weighted by molar-refractivity contribution is 5.82. The number of carboxylic acids is 1. The number of aliphatic carboxylic acids is 1. The Morgan fingerprint density at radius 1 is 0.634 bits per heavy atom. The van der Waals surface area contributed by atoms with E-state index in [0.717, 1.165) is 0 Å². The van der Waals surface area contributed by atoms with E-state index in [2.05, 4.69) is 10.6 Å². The number of amides is 2. The molecule has 2 amide bonds. The maximum atomic E-state index is 11.9. The van der Waals surface area contributed by atoms with Gasteiger partial charge in [-0.05, 0) is 20.8 Å². The van der Waals surface area contributed by atoms with Gasteiger partial charge in [0.1, 0.15) is 11.6 Å². The van der Waals surface area contributed by atoms with Crippen molar-refractivity contribution in [2.75, 3.05) is 113 Å². The molecule has 0 aromatic carbocycles. The molecule has 0 bridgehead atoms. The second-order valence-electron chi connectivity index (χ2n) is 9.37. The molecule has 0 saturated carbocycles. The van der Waals surface area contributed by atoms with Crippen molar-refractivity contribution in [2.45, 2.75) is 38.8 Å². The Bertz CT molecular complexity index is 662. The van der Waals surface area contributed by atoms with Crippen LogP contribution in [0.3, 0.4) is 0 Å². The van der Waals surface area contributed by atoms with Gasteiger partial charge in [-0.2, -0.15) is 0 Å². The third-order valence-corrected chi connectivity index (χ3v) is 4.63. The van der Waals surface area contributed by atoms with Crippen LogP contribution in [0, 0.1) is 0 Å².